The lowest BCUT2D eigenvalue weighted by molar-refractivity contribution is -0.224. The van der Waals surface area contributed by atoms with Gasteiger partial charge in [-0.25, -0.2) is 8.78 Å². The third-order valence-electron chi connectivity index (χ3n) is 8.86. The molecule has 30 heavy (non-hydrogen) atoms. The number of hydrogen-bond acceptors (Lipinski definition) is 5. The Bertz CT molecular complexity index is 889. The molecule has 8 heteroatoms. The van der Waals surface area contributed by atoms with E-state index in [9.17, 15) is 24.9 Å². The fourth-order valence-corrected chi connectivity index (χ4v) is 7.72. The number of allylic oxidation sites excluding steroid dienone is 4. The van der Waals surface area contributed by atoms with E-state index in [2.05, 4.69) is 0 Å². The second kappa shape index (κ2) is 6.44. The molecule has 0 bridgehead atoms. The Morgan fingerprint density at radius 1 is 1.30 bits per heavy atom. The number of carbonyl (C=O) groups is 2. The zero-order valence-corrected chi connectivity index (χ0v) is 17.9. The van der Waals surface area contributed by atoms with Crippen molar-refractivity contribution in [2.75, 3.05) is 6.61 Å². The van der Waals surface area contributed by atoms with Gasteiger partial charge in [-0.15, -0.1) is 0 Å². The highest BCUT2D eigenvalue weighted by molar-refractivity contribution is 6.45. The maximum absolute atomic E-state index is 17.0. The van der Waals surface area contributed by atoms with Crippen molar-refractivity contribution in [2.24, 2.45) is 28.6 Å². The molecule has 0 saturated heterocycles. The SMILES string of the molecule is C[C@H]1C[C@H]2[C@@H]3C[C@H](F)C4=C(Cl)C(=O)C=C[C@]4(C)[C@@]3(F)[C@@H](O)C[C@]2(C)[C@@]1(O)C(=O)CO. The Morgan fingerprint density at radius 2 is 1.93 bits per heavy atom. The number of aliphatic hydroxyl groups excluding tert-OH is 2. The van der Waals surface area contributed by atoms with E-state index in [1.54, 1.807) is 13.8 Å². The zero-order chi connectivity index (χ0) is 22.4. The van der Waals surface area contributed by atoms with Gasteiger partial charge in [-0.3, -0.25) is 9.59 Å². The Balaban J connectivity index is 1.89. The van der Waals surface area contributed by atoms with Crippen LogP contribution in [-0.4, -0.2) is 57.0 Å². The molecule has 3 saturated carbocycles. The van der Waals surface area contributed by atoms with Crippen molar-refractivity contribution >= 4 is 23.2 Å². The van der Waals surface area contributed by atoms with Crippen LogP contribution >= 0.6 is 11.6 Å². The fraction of sp³-hybridized carbons (Fsp3) is 0.727. The topological polar surface area (TPSA) is 94.8 Å². The van der Waals surface area contributed by atoms with Crippen LogP contribution in [0.2, 0.25) is 0 Å². The minimum atomic E-state index is -2.33. The first-order valence-electron chi connectivity index (χ1n) is 10.3. The maximum atomic E-state index is 17.0. The van der Waals surface area contributed by atoms with Crippen molar-refractivity contribution in [1.82, 2.24) is 0 Å². The first kappa shape index (κ1) is 22.1. The molecule has 5 nitrogen and oxygen atoms in total. The summed E-state index contributed by atoms with van der Waals surface area (Å²) in [7, 11) is 0. The van der Waals surface area contributed by atoms with E-state index in [1.165, 1.54) is 13.0 Å². The van der Waals surface area contributed by atoms with Crippen LogP contribution < -0.4 is 0 Å². The van der Waals surface area contributed by atoms with Crippen molar-refractivity contribution in [3.05, 3.63) is 22.8 Å². The van der Waals surface area contributed by atoms with E-state index >= 15 is 8.78 Å². The lowest BCUT2D eigenvalue weighted by Crippen LogP contribution is -2.70. The number of fused-ring (bicyclic) bond motifs is 5. The Kier molecular flexibility index (Phi) is 4.73. The van der Waals surface area contributed by atoms with Crippen molar-refractivity contribution < 1.29 is 33.7 Å². The molecule has 0 radical (unpaired) electrons. The smallest absolute Gasteiger partial charge is 0.196 e. The lowest BCUT2D eigenvalue weighted by atomic mass is 9.44. The molecule has 0 unspecified atom stereocenters. The highest BCUT2D eigenvalue weighted by Gasteiger charge is 2.76. The number of aliphatic hydroxyl groups is 3. The molecule has 166 valence electrons. The molecule has 4 rings (SSSR count). The van der Waals surface area contributed by atoms with E-state index in [4.69, 9.17) is 11.6 Å². The van der Waals surface area contributed by atoms with Gasteiger partial charge in [-0.05, 0) is 49.7 Å². The quantitative estimate of drug-likeness (QED) is 0.608. The van der Waals surface area contributed by atoms with Gasteiger partial charge in [0.15, 0.2) is 17.2 Å². The molecule has 0 aromatic heterocycles. The number of carbonyl (C=O) groups excluding carboxylic acids is 2. The minimum absolute atomic E-state index is 0.147. The third kappa shape index (κ3) is 2.22. The van der Waals surface area contributed by atoms with Gasteiger partial charge < -0.3 is 15.3 Å². The van der Waals surface area contributed by atoms with Gasteiger partial charge in [0.25, 0.3) is 0 Å². The van der Waals surface area contributed by atoms with Crippen LogP contribution in [0, 0.1) is 28.6 Å². The molecule has 9 atom stereocenters. The summed E-state index contributed by atoms with van der Waals surface area (Å²) in [5.41, 5.74) is -7.30. The van der Waals surface area contributed by atoms with Crippen LogP contribution in [0.4, 0.5) is 8.78 Å². The highest BCUT2D eigenvalue weighted by atomic mass is 35.5. The first-order chi connectivity index (χ1) is 13.8. The molecule has 0 aromatic rings. The van der Waals surface area contributed by atoms with E-state index < -0.39 is 70.3 Å². The van der Waals surface area contributed by atoms with Crippen molar-refractivity contribution in [3.8, 4) is 0 Å². The average Bonchev–Trinajstić information content (AvgIpc) is 2.88. The van der Waals surface area contributed by atoms with E-state index in [0.29, 0.717) is 0 Å². The number of halogens is 3. The van der Waals surface area contributed by atoms with Crippen LogP contribution in [0.3, 0.4) is 0 Å². The average molecular weight is 445 g/mol. The predicted molar refractivity (Wildman–Crippen MR) is 105 cm³/mol. The van der Waals surface area contributed by atoms with Gasteiger partial charge in [-0.1, -0.05) is 31.5 Å². The number of hydrogen-bond donors (Lipinski definition) is 3. The summed E-state index contributed by atoms with van der Waals surface area (Å²) < 4.78 is 32.4. The van der Waals surface area contributed by atoms with Gasteiger partial charge in [0, 0.05) is 16.7 Å². The van der Waals surface area contributed by atoms with Gasteiger partial charge in [0.2, 0.25) is 0 Å². The second-order valence-corrected chi connectivity index (χ2v) is 10.3. The van der Waals surface area contributed by atoms with Crippen LogP contribution in [0.1, 0.15) is 40.0 Å². The molecule has 0 aliphatic heterocycles. The Hall–Kier alpha value is -1.15. The maximum Gasteiger partial charge on any atom is 0.196 e. The summed E-state index contributed by atoms with van der Waals surface area (Å²) in [4.78, 5) is 24.6. The van der Waals surface area contributed by atoms with Gasteiger partial charge in [0.1, 0.15) is 18.4 Å². The summed E-state index contributed by atoms with van der Waals surface area (Å²) in [6, 6.07) is 0. The predicted octanol–water partition coefficient (Wildman–Crippen LogP) is 2.41. The Morgan fingerprint density at radius 3 is 2.53 bits per heavy atom. The lowest BCUT2D eigenvalue weighted by Gasteiger charge is -2.63. The van der Waals surface area contributed by atoms with Crippen molar-refractivity contribution in [3.63, 3.8) is 0 Å². The summed E-state index contributed by atoms with van der Waals surface area (Å²) in [5.74, 6) is -3.59. The van der Waals surface area contributed by atoms with E-state index in [0.717, 1.165) is 6.08 Å². The molecular weight excluding hydrogens is 418 g/mol. The van der Waals surface area contributed by atoms with Gasteiger partial charge >= 0.3 is 0 Å². The molecule has 4 aliphatic rings. The van der Waals surface area contributed by atoms with E-state index in [-0.39, 0.29) is 29.9 Å². The normalized spacial score (nSPS) is 52.7. The minimum Gasteiger partial charge on any atom is -0.390 e. The number of rotatable bonds is 2. The summed E-state index contributed by atoms with van der Waals surface area (Å²) in [5, 5.41) is 31.6. The molecule has 3 N–H and O–H groups in total. The van der Waals surface area contributed by atoms with Gasteiger partial charge in [-0.2, -0.15) is 0 Å². The number of alkyl halides is 2. The molecular formula is C22H27ClF2O5. The fourth-order valence-electron chi connectivity index (χ4n) is 7.35. The van der Waals surface area contributed by atoms with Gasteiger partial charge in [0.05, 0.1) is 11.1 Å². The van der Waals surface area contributed by atoms with Crippen LogP contribution in [0.25, 0.3) is 0 Å². The summed E-state index contributed by atoms with van der Waals surface area (Å²) in [6.07, 6.45) is -1.22. The van der Waals surface area contributed by atoms with Crippen molar-refractivity contribution in [1.29, 1.82) is 0 Å². The molecule has 0 aromatic carbocycles. The molecule has 0 amide bonds. The number of Topliss-reactive ketones (excluding diaryl/α,β-unsaturated/α-hetero) is 1. The van der Waals surface area contributed by atoms with Crippen molar-refractivity contribution in [2.45, 2.75) is 63.6 Å². The Labute approximate surface area is 178 Å². The summed E-state index contributed by atoms with van der Waals surface area (Å²) >= 11 is 6.11. The summed E-state index contributed by atoms with van der Waals surface area (Å²) in [6.45, 7) is 3.84. The van der Waals surface area contributed by atoms with Crippen LogP contribution in [0.15, 0.2) is 22.8 Å². The molecule has 4 aliphatic carbocycles. The molecule has 0 heterocycles. The first-order valence-corrected chi connectivity index (χ1v) is 10.7. The highest BCUT2D eigenvalue weighted by Crippen LogP contribution is 2.71. The molecule has 3 fully saturated rings. The second-order valence-electron chi connectivity index (χ2n) is 9.93. The largest absolute Gasteiger partial charge is 0.390 e. The van der Waals surface area contributed by atoms with Crippen LogP contribution in [-0.2, 0) is 9.59 Å². The monoisotopic (exact) mass is 444 g/mol. The van der Waals surface area contributed by atoms with Crippen LogP contribution in [0.5, 0.6) is 0 Å². The zero-order valence-electron chi connectivity index (χ0n) is 17.2. The molecule has 0 spiro atoms. The third-order valence-corrected chi connectivity index (χ3v) is 9.25. The van der Waals surface area contributed by atoms with E-state index in [1.807, 2.05) is 0 Å². The standard InChI is InChI=1S/C22H27ClF2O5/c1-10-6-11-12-7-13(24)17-18(23)14(27)4-5-19(17,2)21(12,25)15(28)8-20(11,3)22(10,30)16(29)9-26/h4-5,10-13,15,26,28,30H,6-9H2,1-3H3/t10-,11-,12-,13-,15-,19-,20-,21-,22-/m0/s1. The number of ketones is 2.